The van der Waals surface area contributed by atoms with Crippen molar-refractivity contribution < 1.29 is 54.4 Å². The molecule has 0 aliphatic rings. The number of nitrogens with two attached hydrogens (primary N) is 2. The van der Waals surface area contributed by atoms with Gasteiger partial charge in [-0.1, -0.05) is 0 Å². The van der Waals surface area contributed by atoms with Crippen LogP contribution in [0.5, 0.6) is 0 Å². The van der Waals surface area contributed by atoms with E-state index < -0.39 is 41.1 Å². The highest BCUT2D eigenvalue weighted by Gasteiger charge is 2.33. The highest BCUT2D eigenvalue weighted by Crippen LogP contribution is 2.21. The average Bonchev–Trinajstić information content (AvgIpc) is 2.94. The van der Waals surface area contributed by atoms with Gasteiger partial charge < -0.3 is 67.0 Å². The molecule has 39 heavy (non-hydrogen) atoms. The largest absolute Gasteiger partial charge is 0.396 e. The van der Waals surface area contributed by atoms with Crippen molar-refractivity contribution in [2.24, 2.45) is 34.6 Å². The van der Waals surface area contributed by atoms with Gasteiger partial charge in [0.2, 0.25) is 5.91 Å². The van der Waals surface area contributed by atoms with Crippen LogP contribution in [-0.4, -0.2) is 141 Å². The Kier molecular flexibility index (Phi) is 22.1. The van der Waals surface area contributed by atoms with Crippen molar-refractivity contribution in [3.63, 3.8) is 0 Å². The smallest absolute Gasteiger partial charge is 0.314 e. The normalized spacial score (nSPS) is 12.9. The van der Waals surface area contributed by atoms with Gasteiger partial charge in [-0.2, -0.15) is 0 Å². The van der Waals surface area contributed by atoms with E-state index in [1.807, 2.05) is 0 Å². The van der Waals surface area contributed by atoms with Gasteiger partial charge >= 0.3 is 6.03 Å². The number of rotatable bonds is 26. The number of unbranched alkanes of at least 4 members (excludes halogenated alkanes) is 1. The monoisotopic (exact) mass is 570 g/mol. The lowest BCUT2D eigenvalue weighted by atomic mass is 9.90. The molecule has 0 aromatic rings. The molecule has 0 aromatic heterocycles. The molecule has 0 aromatic carbocycles. The van der Waals surface area contributed by atoms with E-state index in [2.05, 4.69) is 10.6 Å². The van der Waals surface area contributed by atoms with Crippen molar-refractivity contribution in [3.8, 4) is 0 Å². The van der Waals surface area contributed by atoms with Crippen LogP contribution < -0.4 is 22.1 Å². The van der Waals surface area contributed by atoms with Crippen LogP contribution in [0.3, 0.4) is 0 Å². The minimum absolute atomic E-state index is 0.0133. The summed E-state index contributed by atoms with van der Waals surface area (Å²) in [4.78, 5) is 23.5. The van der Waals surface area contributed by atoms with E-state index in [1.54, 1.807) is 0 Å². The van der Waals surface area contributed by atoms with Gasteiger partial charge in [0.05, 0.1) is 90.7 Å². The second kappa shape index (κ2) is 23.1. The number of nitrogens with one attached hydrogen (secondary N) is 2. The summed E-state index contributed by atoms with van der Waals surface area (Å²) in [5, 5.41) is 61.5. The summed E-state index contributed by atoms with van der Waals surface area (Å²) in [5.41, 5.74) is 9.74. The van der Waals surface area contributed by atoms with Crippen LogP contribution in [0.2, 0.25) is 0 Å². The summed E-state index contributed by atoms with van der Waals surface area (Å²) in [6, 6.07) is -1.21. The number of aliphatic hydroxyl groups excluding tert-OH is 6. The Morgan fingerprint density at radius 1 is 0.692 bits per heavy atom. The second-order valence-corrected chi connectivity index (χ2v) is 9.85. The molecule has 15 heteroatoms. The van der Waals surface area contributed by atoms with E-state index in [-0.39, 0.29) is 85.8 Å². The van der Waals surface area contributed by atoms with Gasteiger partial charge in [-0.3, -0.25) is 4.79 Å². The summed E-state index contributed by atoms with van der Waals surface area (Å²) in [7, 11) is 0. The van der Waals surface area contributed by atoms with Crippen molar-refractivity contribution >= 4 is 11.9 Å². The zero-order valence-corrected chi connectivity index (χ0v) is 22.7. The number of ether oxygens (including phenoxy) is 3. The lowest BCUT2D eigenvalue weighted by molar-refractivity contribution is -0.119. The molecule has 0 rings (SSSR count). The first kappa shape index (κ1) is 37.3. The van der Waals surface area contributed by atoms with Crippen molar-refractivity contribution in [1.82, 2.24) is 10.6 Å². The second-order valence-electron chi connectivity index (χ2n) is 9.85. The van der Waals surface area contributed by atoms with Crippen LogP contribution in [0, 0.1) is 23.2 Å². The maximum atomic E-state index is 12.5. The zero-order chi connectivity index (χ0) is 29.5. The molecule has 0 spiro atoms. The standard InChI is InChI=1S/C24H50N4O11/c25-21(22(26)35)3-1-2-4-27-23(36)28-14-24(15-37-11-18(5-29)6-30,16-38-12-19(7-31)8-32)17-39-13-20(9-33)10-34/h18-21,29-34H,1-17,25H2,(H2,26,35)(H2,27,28,36). The number of amides is 3. The molecule has 0 bridgehead atoms. The third kappa shape index (κ3) is 17.6. The minimum atomic E-state index is -0.980. The van der Waals surface area contributed by atoms with Gasteiger partial charge in [0.25, 0.3) is 0 Å². The Morgan fingerprint density at radius 2 is 1.10 bits per heavy atom. The van der Waals surface area contributed by atoms with Crippen LogP contribution in [0.1, 0.15) is 19.3 Å². The Labute approximate surface area is 229 Å². The molecule has 15 nitrogen and oxygen atoms in total. The average molecular weight is 571 g/mol. The number of carbonyl (C=O) groups excluding carboxylic acids is 2. The van der Waals surface area contributed by atoms with Crippen molar-refractivity contribution in [2.45, 2.75) is 25.3 Å². The molecular formula is C24H50N4O11. The first-order valence-corrected chi connectivity index (χ1v) is 13.2. The van der Waals surface area contributed by atoms with Crippen LogP contribution in [0.4, 0.5) is 4.79 Å². The van der Waals surface area contributed by atoms with Crippen LogP contribution in [0.25, 0.3) is 0 Å². The molecule has 3 amide bonds. The van der Waals surface area contributed by atoms with Gasteiger partial charge in [0.1, 0.15) is 0 Å². The number of hydrogen-bond donors (Lipinski definition) is 10. The maximum absolute atomic E-state index is 12.5. The molecule has 1 unspecified atom stereocenters. The number of urea groups is 1. The Morgan fingerprint density at radius 3 is 1.46 bits per heavy atom. The molecule has 1 atom stereocenters. The van der Waals surface area contributed by atoms with Gasteiger partial charge in [0.15, 0.2) is 0 Å². The molecule has 0 aliphatic heterocycles. The minimum Gasteiger partial charge on any atom is -0.396 e. The van der Waals surface area contributed by atoms with E-state index >= 15 is 0 Å². The molecule has 12 N–H and O–H groups in total. The fraction of sp³-hybridized carbons (Fsp3) is 0.917. The van der Waals surface area contributed by atoms with Gasteiger partial charge in [0, 0.05) is 30.8 Å². The van der Waals surface area contributed by atoms with E-state index in [0.717, 1.165) is 0 Å². The molecule has 0 heterocycles. The number of aliphatic hydroxyl groups is 6. The summed E-state index contributed by atoms with van der Waals surface area (Å²) in [6.45, 7) is -1.34. The third-order valence-corrected chi connectivity index (χ3v) is 6.05. The van der Waals surface area contributed by atoms with Crippen molar-refractivity contribution in [3.05, 3.63) is 0 Å². The number of primary amides is 1. The molecule has 0 radical (unpaired) electrons. The SMILES string of the molecule is NC(=O)C(N)CCCCNC(=O)NCC(COCC(CO)CO)(COCC(CO)CO)COCC(CO)CO. The third-order valence-electron chi connectivity index (χ3n) is 6.05. The van der Waals surface area contributed by atoms with Gasteiger partial charge in [-0.05, 0) is 19.3 Å². The van der Waals surface area contributed by atoms with E-state index in [9.17, 15) is 40.2 Å². The highest BCUT2D eigenvalue weighted by atomic mass is 16.5. The lowest BCUT2D eigenvalue weighted by Gasteiger charge is -2.34. The lowest BCUT2D eigenvalue weighted by Crippen LogP contribution is -2.50. The predicted octanol–water partition coefficient (Wildman–Crippen LogP) is -3.89. The molecule has 232 valence electrons. The summed E-state index contributed by atoms with van der Waals surface area (Å²) in [5.74, 6) is -2.11. The summed E-state index contributed by atoms with van der Waals surface area (Å²) in [6.07, 6.45) is 1.57. The highest BCUT2D eigenvalue weighted by molar-refractivity contribution is 5.79. The fourth-order valence-corrected chi connectivity index (χ4v) is 3.26. The Balaban J connectivity index is 5.28. The molecule has 0 saturated carbocycles. The van der Waals surface area contributed by atoms with E-state index in [4.69, 9.17) is 25.7 Å². The molecule has 0 aliphatic carbocycles. The van der Waals surface area contributed by atoms with Crippen molar-refractivity contribution in [2.75, 3.05) is 92.4 Å². The van der Waals surface area contributed by atoms with Gasteiger partial charge in [-0.15, -0.1) is 0 Å². The fourth-order valence-electron chi connectivity index (χ4n) is 3.26. The number of hydrogen-bond acceptors (Lipinski definition) is 12. The van der Waals surface area contributed by atoms with E-state index in [1.165, 1.54) is 0 Å². The topological polar surface area (TPSA) is 259 Å². The van der Waals surface area contributed by atoms with Crippen molar-refractivity contribution in [1.29, 1.82) is 0 Å². The summed E-state index contributed by atoms with van der Waals surface area (Å²) < 4.78 is 17.3. The first-order chi connectivity index (χ1) is 18.7. The van der Waals surface area contributed by atoms with Crippen LogP contribution in [-0.2, 0) is 19.0 Å². The Hall–Kier alpha value is -1.66. The zero-order valence-electron chi connectivity index (χ0n) is 22.7. The quantitative estimate of drug-likeness (QED) is 0.0448. The molecule has 0 fully saturated rings. The molecular weight excluding hydrogens is 520 g/mol. The van der Waals surface area contributed by atoms with Crippen LogP contribution in [0.15, 0.2) is 0 Å². The van der Waals surface area contributed by atoms with Gasteiger partial charge in [-0.25, -0.2) is 4.79 Å². The summed E-state index contributed by atoms with van der Waals surface area (Å²) >= 11 is 0. The first-order valence-electron chi connectivity index (χ1n) is 13.2. The van der Waals surface area contributed by atoms with Crippen LogP contribution >= 0.6 is 0 Å². The maximum Gasteiger partial charge on any atom is 0.314 e. The van der Waals surface area contributed by atoms with E-state index in [0.29, 0.717) is 25.8 Å². The molecule has 0 saturated heterocycles. The number of carbonyl (C=O) groups is 2. The Bertz CT molecular complexity index is 575. The predicted molar refractivity (Wildman–Crippen MR) is 140 cm³/mol.